The molecule has 3 rings (SSSR count). The molecule has 0 aromatic heterocycles. The Hall–Kier alpha value is -2.82. The van der Waals surface area contributed by atoms with Crippen LogP contribution in [-0.4, -0.2) is 24.8 Å². The highest BCUT2D eigenvalue weighted by atomic mass is 16.5. The fraction of sp³-hybridized carbons (Fsp3) is 0.333. The summed E-state index contributed by atoms with van der Waals surface area (Å²) in [5.74, 6) is 1.35. The average molecular weight is 352 g/mol. The summed E-state index contributed by atoms with van der Waals surface area (Å²) in [6.45, 7) is 6.62. The number of nitrogens with one attached hydrogen (secondary N) is 1. The summed E-state index contributed by atoms with van der Waals surface area (Å²) in [5.41, 5.74) is 6.25. The molecule has 1 atom stereocenters. The Balaban J connectivity index is 1.73. The van der Waals surface area contributed by atoms with Crippen molar-refractivity contribution in [1.82, 2.24) is 5.43 Å². The number of nitrogens with zero attached hydrogens (tertiary/aromatic N) is 1. The van der Waals surface area contributed by atoms with Crippen LogP contribution in [-0.2, 0) is 12.8 Å². The zero-order chi connectivity index (χ0) is 18.5. The molecule has 0 bridgehead atoms. The highest BCUT2D eigenvalue weighted by molar-refractivity contribution is 5.95. The van der Waals surface area contributed by atoms with Crippen molar-refractivity contribution in [2.45, 2.75) is 39.7 Å². The highest BCUT2D eigenvalue weighted by Crippen LogP contribution is 2.34. The van der Waals surface area contributed by atoms with Crippen LogP contribution in [0.2, 0.25) is 0 Å². The zero-order valence-corrected chi connectivity index (χ0v) is 15.4. The van der Waals surface area contributed by atoms with Crippen molar-refractivity contribution in [3.05, 3.63) is 58.7 Å². The van der Waals surface area contributed by atoms with Gasteiger partial charge in [-0.3, -0.25) is 4.79 Å². The van der Waals surface area contributed by atoms with E-state index in [2.05, 4.69) is 17.5 Å². The fourth-order valence-corrected chi connectivity index (χ4v) is 2.95. The van der Waals surface area contributed by atoms with Gasteiger partial charge in [-0.1, -0.05) is 19.1 Å². The molecule has 136 valence electrons. The Bertz CT molecular complexity index is 813. The van der Waals surface area contributed by atoms with E-state index in [1.165, 1.54) is 5.56 Å². The average Bonchev–Trinajstić information content (AvgIpc) is 3.01. The maximum Gasteiger partial charge on any atom is 0.271 e. The minimum absolute atomic E-state index is 0.164. The molecule has 5 nitrogen and oxygen atoms in total. The molecule has 0 radical (unpaired) electrons. The van der Waals surface area contributed by atoms with Crippen molar-refractivity contribution < 1.29 is 14.3 Å². The van der Waals surface area contributed by atoms with Crippen LogP contribution < -0.4 is 14.9 Å². The van der Waals surface area contributed by atoms with E-state index in [0.29, 0.717) is 12.2 Å². The Morgan fingerprint density at radius 2 is 2.08 bits per heavy atom. The topological polar surface area (TPSA) is 59.9 Å². The van der Waals surface area contributed by atoms with Crippen molar-refractivity contribution >= 4 is 12.1 Å². The van der Waals surface area contributed by atoms with E-state index in [1.54, 1.807) is 18.3 Å². The van der Waals surface area contributed by atoms with Gasteiger partial charge in [0, 0.05) is 23.1 Å². The number of hydrazone groups is 1. The van der Waals surface area contributed by atoms with E-state index < -0.39 is 0 Å². The molecule has 26 heavy (non-hydrogen) atoms. The largest absolute Gasteiger partial charge is 0.493 e. The minimum Gasteiger partial charge on any atom is -0.493 e. The molecule has 0 saturated heterocycles. The molecule has 1 amide bonds. The van der Waals surface area contributed by atoms with Crippen LogP contribution in [0.15, 0.2) is 41.5 Å². The minimum atomic E-state index is -0.243. The number of carbonyl (C=O) groups excluding carboxylic acids is 1. The van der Waals surface area contributed by atoms with Gasteiger partial charge in [0.2, 0.25) is 0 Å². The second-order valence-corrected chi connectivity index (χ2v) is 6.31. The summed E-state index contributed by atoms with van der Waals surface area (Å²) >= 11 is 0. The molecule has 0 unspecified atom stereocenters. The second kappa shape index (κ2) is 8.04. The maximum atomic E-state index is 12.2. The number of aryl methyl sites for hydroxylation is 1. The fourth-order valence-electron chi connectivity index (χ4n) is 2.95. The lowest BCUT2D eigenvalue weighted by Gasteiger charge is -2.09. The molecule has 0 aliphatic carbocycles. The van der Waals surface area contributed by atoms with E-state index in [1.807, 2.05) is 38.1 Å². The molecule has 5 heteroatoms. The third-order valence-corrected chi connectivity index (χ3v) is 4.32. The van der Waals surface area contributed by atoms with Gasteiger partial charge in [0.25, 0.3) is 5.91 Å². The van der Waals surface area contributed by atoms with Gasteiger partial charge in [-0.15, -0.1) is 0 Å². The van der Waals surface area contributed by atoms with Crippen molar-refractivity contribution in [3.63, 3.8) is 0 Å². The smallest absolute Gasteiger partial charge is 0.271 e. The van der Waals surface area contributed by atoms with Crippen LogP contribution in [0.1, 0.15) is 47.8 Å². The van der Waals surface area contributed by atoms with Gasteiger partial charge in [-0.25, -0.2) is 5.43 Å². The van der Waals surface area contributed by atoms with Crippen molar-refractivity contribution in [1.29, 1.82) is 0 Å². The predicted molar refractivity (Wildman–Crippen MR) is 102 cm³/mol. The lowest BCUT2D eigenvalue weighted by Crippen LogP contribution is -2.17. The van der Waals surface area contributed by atoms with Gasteiger partial charge in [0.05, 0.1) is 12.8 Å². The number of rotatable bonds is 6. The molecule has 0 saturated carbocycles. The Labute approximate surface area is 154 Å². The van der Waals surface area contributed by atoms with Crippen LogP contribution in [0, 0.1) is 0 Å². The summed E-state index contributed by atoms with van der Waals surface area (Å²) in [5, 5.41) is 4.09. The van der Waals surface area contributed by atoms with Gasteiger partial charge in [0.1, 0.15) is 17.6 Å². The Morgan fingerprint density at radius 3 is 2.77 bits per heavy atom. The second-order valence-electron chi connectivity index (χ2n) is 6.31. The Morgan fingerprint density at radius 1 is 1.31 bits per heavy atom. The van der Waals surface area contributed by atoms with Crippen LogP contribution in [0.25, 0.3) is 0 Å². The third-order valence-electron chi connectivity index (χ3n) is 4.32. The first-order valence-electron chi connectivity index (χ1n) is 8.99. The molecule has 0 spiro atoms. The third kappa shape index (κ3) is 4.04. The number of hydrogen-bond donors (Lipinski definition) is 1. The van der Waals surface area contributed by atoms with Crippen LogP contribution in [0.3, 0.4) is 0 Å². The number of ether oxygens (including phenoxy) is 2. The van der Waals surface area contributed by atoms with E-state index >= 15 is 0 Å². The van der Waals surface area contributed by atoms with Gasteiger partial charge in [0.15, 0.2) is 0 Å². The predicted octanol–water partition coefficient (Wildman–Crippen LogP) is 3.74. The maximum absolute atomic E-state index is 12.2. The van der Waals surface area contributed by atoms with Crippen molar-refractivity contribution in [2.24, 2.45) is 5.10 Å². The SMILES string of the molecule is CCOc1cc2c(cc1/C=N\NC(=O)c1ccc(CC)cc1)O[C@H](C)C2. The first kappa shape index (κ1) is 18.0. The number of benzene rings is 2. The van der Waals surface area contributed by atoms with Crippen molar-refractivity contribution in [3.8, 4) is 11.5 Å². The number of carbonyl (C=O) groups is 1. The number of fused-ring (bicyclic) bond motifs is 1. The first-order chi connectivity index (χ1) is 12.6. The van der Waals surface area contributed by atoms with E-state index in [0.717, 1.165) is 35.5 Å². The summed E-state index contributed by atoms with van der Waals surface area (Å²) in [7, 11) is 0. The normalized spacial score (nSPS) is 15.6. The number of hydrogen-bond acceptors (Lipinski definition) is 4. The standard InChI is InChI=1S/C21H24N2O3/c1-4-15-6-8-16(9-7-15)21(24)23-22-13-18-12-20-17(10-14(3)26-20)11-19(18)25-5-2/h6-9,11-14H,4-5,10H2,1-3H3,(H,23,24)/b22-13-/t14-/m1/s1. The highest BCUT2D eigenvalue weighted by Gasteiger charge is 2.21. The van der Waals surface area contributed by atoms with E-state index in [4.69, 9.17) is 9.47 Å². The van der Waals surface area contributed by atoms with E-state index in [-0.39, 0.29) is 12.0 Å². The lowest BCUT2D eigenvalue weighted by atomic mass is 10.1. The monoisotopic (exact) mass is 352 g/mol. The van der Waals surface area contributed by atoms with Gasteiger partial charge in [-0.2, -0.15) is 5.10 Å². The zero-order valence-electron chi connectivity index (χ0n) is 15.4. The molecule has 1 heterocycles. The molecule has 2 aromatic carbocycles. The van der Waals surface area contributed by atoms with Gasteiger partial charge >= 0.3 is 0 Å². The van der Waals surface area contributed by atoms with Gasteiger partial charge < -0.3 is 9.47 Å². The molecule has 1 aliphatic rings. The molecular formula is C21H24N2O3. The summed E-state index contributed by atoms with van der Waals surface area (Å²) in [6.07, 6.45) is 3.57. The van der Waals surface area contributed by atoms with Crippen molar-refractivity contribution in [2.75, 3.05) is 6.61 Å². The molecule has 2 aromatic rings. The first-order valence-corrected chi connectivity index (χ1v) is 8.99. The van der Waals surface area contributed by atoms with Crippen LogP contribution >= 0.6 is 0 Å². The molecule has 0 fully saturated rings. The summed E-state index contributed by atoms with van der Waals surface area (Å²) < 4.78 is 11.5. The van der Waals surface area contributed by atoms with Crippen LogP contribution in [0.5, 0.6) is 11.5 Å². The molecular weight excluding hydrogens is 328 g/mol. The lowest BCUT2D eigenvalue weighted by molar-refractivity contribution is 0.0955. The summed E-state index contributed by atoms with van der Waals surface area (Å²) in [4.78, 5) is 12.2. The van der Waals surface area contributed by atoms with Crippen LogP contribution in [0.4, 0.5) is 0 Å². The number of amides is 1. The molecule has 1 aliphatic heterocycles. The summed E-state index contributed by atoms with van der Waals surface area (Å²) in [6, 6.07) is 11.4. The quantitative estimate of drug-likeness (QED) is 0.636. The Kier molecular flexibility index (Phi) is 5.56. The van der Waals surface area contributed by atoms with Gasteiger partial charge in [-0.05, 0) is 50.1 Å². The van der Waals surface area contributed by atoms with E-state index in [9.17, 15) is 4.79 Å². The molecule has 1 N–H and O–H groups in total.